The first-order valence-electron chi connectivity index (χ1n) is 13.9. The number of hydrogen-bond acceptors (Lipinski definition) is 6. The van der Waals surface area contributed by atoms with Gasteiger partial charge in [-0.05, 0) is 107 Å². The highest BCUT2D eigenvalue weighted by Gasteiger charge is 2.37. The van der Waals surface area contributed by atoms with Gasteiger partial charge in [-0.1, -0.05) is 48.0 Å². The number of imide groups is 2. The zero-order chi connectivity index (χ0) is 31.4. The minimum atomic E-state index is -0.834. The van der Waals surface area contributed by atoms with Crippen LogP contribution in [0.25, 0.3) is 6.08 Å². The van der Waals surface area contributed by atoms with Gasteiger partial charge in [-0.25, -0.2) is 9.69 Å². The standard InChI is InChI=1S/C35H31BrN2O6/c1-21-5-8-24(9-6-21)19-43-28-13-11-27(12-14-28)38-34(40)29(33(39)37-35(38)41)16-26-17-30(36)32(31(18-26)42-4)44-20-25-10-7-22(2)23(3)15-25/h5-18H,19-20H2,1-4H3,(H,37,39,41)/b29-16+. The summed E-state index contributed by atoms with van der Waals surface area (Å²) in [5, 5.41) is 2.26. The van der Waals surface area contributed by atoms with Gasteiger partial charge in [-0.15, -0.1) is 0 Å². The molecule has 8 nitrogen and oxygen atoms in total. The Kier molecular flexibility index (Phi) is 9.15. The predicted molar refractivity (Wildman–Crippen MR) is 172 cm³/mol. The van der Waals surface area contributed by atoms with Crippen molar-refractivity contribution in [2.45, 2.75) is 34.0 Å². The molecule has 5 rings (SSSR count). The number of hydrogen-bond donors (Lipinski definition) is 1. The van der Waals surface area contributed by atoms with Crippen LogP contribution in [0.5, 0.6) is 17.2 Å². The smallest absolute Gasteiger partial charge is 0.335 e. The predicted octanol–water partition coefficient (Wildman–Crippen LogP) is 7.21. The van der Waals surface area contributed by atoms with Crippen LogP contribution in [0.1, 0.15) is 33.4 Å². The van der Waals surface area contributed by atoms with Crippen LogP contribution in [0.2, 0.25) is 0 Å². The fourth-order valence-electron chi connectivity index (χ4n) is 4.61. The van der Waals surface area contributed by atoms with Crippen LogP contribution < -0.4 is 24.4 Å². The van der Waals surface area contributed by atoms with Crippen LogP contribution in [0, 0.1) is 20.8 Å². The maximum Gasteiger partial charge on any atom is 0.335 e. The molecule has 0 spiro atoms. The molecule has 9 heteroatoms. The van der Waals surface area contributed by atoms with Gasteiger partial charge < -0.3 is 14.2 Å². The van der Waals surface area contributed by atoms with Crippen LogP contribution in [-0.2, 0) is 22.8 Å². The minimum absolute atomic E-state index is 0.206. The molecule has 1 fully saturated rings. The summed E-state index contributed by atoms with van der Waals surface area (Å²) in [7, 11) is 1.51. The van der Waals surface area contributed by atoms with Gasteiger partial charge in [0.05, 0.1) is 17.3 Å². The van der Waals surface area contributed by atoms with Gasteiger partial charge in [-0.3, -0.25) is 14.9 Å². The fraction of sp³-hybridized carbons (Fsp3) is 0.171. The number of urea groups is 1. The molecule has 0 unspecified atom stereocenters. The molecule has 1 aliphatic rings. The van der Waals surface area contributed by atoms with E-state index < -0.39 is 17.8 Å². The number of benzene rings is 4. The summed E-state index contributed by atoms with van der Waals surface area (Å²) in [6, 6.07) is 23.2. The number of nitrogens with zero attached hydrogens (tertiary/aromatic N) is 1. The number of carbonyl (C=O) groups is 3. The Morgan fingerprint density at radius 2 is 1.48 bits per heavy atom. The van der Waals surface area contributed by atoms with Crippen molar-refractivity contribution in [1.82, 2.24) is 5.32 Å². The van der Waals surface area contributed by atoms with Gasteiger partial charge in [0.25, 0.3) is 11.8 Å². The molecule has 1 heterocycles. The molecular formula is C35H31BrN2O6. The van der Waals surface area contributed by atoms with Crippen molar-refractivity contribution in [3.05, 3.63) is 122 Å². The van der Waals surface area contributed by atoms with E-state index in [4.69, 9.17) is 14.2 Å². The summed E-state index contributed by atoms with van der Waals surface area (Å²) >= 11 is 3.53. The SMILES string of the molecule is COc1cc(/C=C2\C(=O)NC(=O)N(c3ccc(OCc4ccc(C)cc4)cc3)C2=O)cc(Br)c1OCc1ccc(C)c(C)c1. The molecule has 0 aliphatic carbocycles. The second kappa shape index (κ2) is 13.2. The second-order valence-corrected chi connectivity index (χ2v) is 11.3. The molecular weight excluding hydrogens is 624 g/mol. The molecule has 0 atom stereocenters. The third-order valence-corrected chi connectivity index (χ3v) is 7.83. The lowest BCUT2D eigenvalue weighted by Crippen LogP contribution is -2.54. The fourth-order valence-corrected chi connectivity index (χ4v) is 5.19. The number of methoxy groups -OCH3 is 1. The van der Waals surface area contributed by atoms with Crippen molar-refractivity contribution in [3.63, 3.8) is 0 Å². The number of carbonyl (C=O) groups excluding carboxylic acids is 3. The van der Waals surface area contributed by atoms with Crippen LogP contribution >= 0.6 is 15.9 Å². The number of aryl methyl sites for hydroxylation is 3. The van der Waals surface area contributed by atoms with E-state index in [1.165, 1.54) is 24.3 Å². The van der Waals surface area contributed by atoms with Crippen LogP contribution in [-0.4, -0.2) is 25.0 Å². The van der Waals surface area contributed by atoms with Crippen LogP contribution in [0.3, 0.4) is 0 Å². The van der Waals surface area contributed by atoms with E-state index in [1.54, 1.807) is 36.4 Å². The van der Waals surface area contributed by atoms with Crippen molar-refractivity contribution in [3.8, 4) is 17.2 Å². The number of ether oxygens (including phenoxy) is 3. The molecule has 44 heavy (non-hydrogen) atoms. The normalized spacial score (nSPS) is 14.1. The molecule has 1 N–H and O–H groups in total. The number of barbiturate groups is 1. The van der Waals surface area contributed by atoms with Crippen molar-refractivity contribution in [2.75, 3.05) is 12.0 Å². The van der Waals surface area contributed by atoms with Gasteiger partial charge in [0.2, 0.25) is 0 Å². The third kappa shape index (κ3) is 6.84. The van der Waals surface area contributed by atoms with E-state index in [2.05, 4.69) is 34.2 Å². The number of amides is 4. The molecule has 224 valence electrons. The lowest BCUT2D eigenvalue weighted by atomic mass is 10.1. The molecule has 0 bridgehead atoms. The van der Waals surface area contributed by atoms with Gasteiger partial charge in [0.15, 0.2) is 11.5 Å². The quantitative estimate of drug-likeness (QED) is 0.151. The molecule has 4 amide bonds. The Morgan fingerprint density at radius 3 is 2.16 bits per heavy atom. The highest BCUT2D eigenvalue weighted by atomic mass is 79.9. The van der Waals surface area contributed by atoms with Gasteiger partial charge in [-0.2, -0.15) is 0 Å². The van der Waals surface area contributed by atoms with E-state index in [0.717, 1.165) is 21.6 Å². The third-order valence-electron chi connectivity index (χ3n) is 7.24. The topological polar surface area (TPSA) is 94.2 Å². The van der Waals surface area contributed by atoms with E-state index >= 15 is 0 Å². The Labute approximate surface area is 264 Å². The molecule has 1 aliphatic heterocycles. The molecule has 0 radical (unpaired) electrons. The molecule has 0 aromatic heterocycles. The van der Waals surface area contributed by atoms with E-state index in [1.807, 2.05) is 50.2 Å². The lowest BCUT2D eigenvalue weighted by molar-refractivity contribution is -0.122. The number of halogens is 1. The minimum Gasteiger partial charge on any atom is -0.493 e. The first-order chi connectivity index (χ1) is 21.1. The van der Waals surface area contributed by atoms with Crippen molar-refractivity contribution in [2.24, 2.45) is 0 Å². The summed E-state index contributed by atoms with van der Waals surface area (Å²) in [5.74, 6) is -0.0823. The van der Waals surface area contributed by atoms with Crippen molar-refractivity contribution >= 4 is 45.5 Å². The zero-order valence-corrected chi connectivity index (χ0v) is 26.4. The van der Waals surface area contributed by atoms with Crippen molar-refractivity contribution in [1.29, 1.82) is 0 Å². The lowest BCUT2D eigenvalue weighted by Gasteiger charge is -2.26. The van der Waals surface area contributed by atoms with E-state index in [9.17, 15) is 14.4 Å². The highest BCUT2D eigenvalue weighted by Crippen LogP contribution is 2.38. The average molecular weight is 656 g/mol. The maximum absolute atomic E-state index is 13.5. The van der Waals surface area contributed by atoms with E-state index in [-0.39, 0.29) is 5.57 Å². The van der Waals surface area contributed by atoms with Crippen LogP contribution in [0.15, 0.2) is 88.9 Å². The molecule has 4 aromatic carbocycles. The van der Waals surface area contributed by atoms with Crippen LogP contribution in [0.4, 0.5) is 10.5 Å². The highest BCUT2D eigenvalue weighted by molar-refractivity contribution is 9.10. The van der Waals surface area contributed by atoms with Crippen molar-refractivity contribution < 1.29 is 28.6 Å². The summed E-state index contributed by atoms with van der Waals surface area (Å²) in [6.45, 7) is 6.82. The summed E-state index contributed by atoms with van der Waals surface area (Å²) in [4.78, 5) is 39.9. The number of rotatable bonds is 9. The molecule has 4 aromatic rings. The summed E-state index contributed by atoms with van der Waals surface area (Å²) in [6.07, 6.45) is 1.41. The zero-order valence-electron chi connectivity index (χ0n) is 24.8. The Hall–Kier alpha value is -4.89. The Morgan fingerprint density at radius 1 is 0.795 bits per heavy atom. The molecule has 1 saturated heterocycles. The van der Waals surface area contributed by atoms with Gasteiger partial charge in [0.1, 0.15) is 24.5 Å². The monoisotopic (exact) mass is 654 g/mol. The summed E-state index contributed by atoms with van der Waals surface area (Å²) in [5.41, 5.74) is 6.15. The van der Waals surface area contributed by atoms with Gasteiger partial charge >= 0.3 is 6.03 Å². The maximum atomic E-state index is 13.5. The first kappa shape index (κ1) is 30.6. The summed E-state index contributed by atoms with van der Waals surface area (Å²) < 4.78 is 18.1. The number of nitrogens with one attached hydrogen (secondary N) is 1. The van der Waals surface area contributed by atoms with Gasteiger partial charge in [0, 0.05) is 0 Å². The Bertz CT molecular complexity index is 1760. The van der Waals surface area contributed by atoms with E-state index in [0.29, 0.717) is 46.2 Å². The Balaban J connectivity index is 1.33. The average Bonchev–Trinajstić information content (AvgIpc) is 3.00. The first-order valence-corrected chi connectivity index (χ1v) is 14.7. The molecule has 0 saturated carbocycles. The largest absolute Gasteiger partial charge is 0.493 e. The second-order valence-electron chi connectivity index (χ2n) is 10.5. The number of anilines is 1.